The summed E-state index contributed by atoms with van der Waals surface area (Å²) in [6.07, 6.45) is 9.45. The van der Waals surface area contributed by atoms with Gasteiger partial charge in [-0.15, -0.1) is 0 Å². The van der Waals surface area contributed by atoms with Crippen LogP contribution in [0.1, 0.15) is 39.0 Å². The van der Waals surface area contributed by atoms with Crippen LogP contribution in [0.3, 0.4) is 0 Å². The van der Waals surface area contributed by atoms with Crippen LogP contribution in [0.25, 0.3) is 0 Å². The van der Waals surface area contributed by atoms with E-state index >= 15 is 0 Å². The van der Waals surface area contributed by atoms with Crippen molar-refractivity contribution in [3.05, 3.63) is 11.8 Å². The van der Waals surface area contributed by atoms with Crippen molar-refractivity contribution in [1.82, 2.24) is 0 Å². The van der Waals surface area contributed by atoms with E-state index in [-0.39, 0.29) is 0 Å². The quantitative estimate of drug-likeness (QED) is 0.443. The Morgan fingerprint density at radius 2 is 2.00 bits per heavy atom. The highest BCUT2D eigenvalue weighted by atomic mass is 28.3. The first-order chi connectivity index (χ1) is 5.77. The molecule has 0 N–H and O–H groups in total. The van der Waals surface area contributed by atoms with Crippen LogP contribution in [-0.2, 0) is 0 Å². The van der Waals surface area contributed by atoms with Gasteiger partial charge >= 0.3 is 0 Å². The Bertz CT molecular complexity index is 145. The lowest BCUT2D eigenvalue weighted by Crippen LogP contribution is -2.35. The molecule has 1 heteroatoms. The van der Waals surface area contributed by atoms with E-state index in [1.807, 2.05) is 0 Å². The summed E-state index contributed by atoms with van der Waals surface area (Å²) in [4.78, 5) is 0. The van der Waals surface area contributed by atoms with Gasteiger partial charge in [-0.25, -0.2) is 0 Å². The number of hydrogen-bond acceptors (Lipinski definition) is 0. The van der Waals surface area contributed by atoms with Crippen molar-refractivity contribution in [2.45, 2.75) is 57.7 Å². The molecule has 70 valence electrons. The molecule has 0 aliphatic carbocycles. The van der Waals surface area contributed by atoms with Crippen LogP contribution in [0.15, 0.2) is 11.8 Å². The van der Waals surface area contributed by atoms with Gasteiger partial charge in [0.2, 0.25) is 0 Å². The van der Waals surface area contributed by atoms with Crippen LogP contribution in [0, 0.1) is 0 Å². The molecular formula is C11H22Si. The molecule has 0 nitrogen and oxygen atoms in total. The Kier molecular flexibility index (Phi) is 4.06. The van der Waals surface area contributed by atoms with Gasteiger partial charge in [-0.2, -0.15) is 0 Å². The molecule has 1 saturated heterocycles. The average Bonchev–Trinajstić information content (AvgIpc) is 2.01. The van der Waals surface area contributed by atoms with E-state index in [1.54, 1.807) is 12.1 Å². The molecule has 0 radical (unpaired) electrons. The molecule has 1 aliphatic rings. The van der Waals surface area contributed by atoms with Crippen LogP contribution in [0.2, 0.25) is 18.6 Å². The molecule has 0 bridgehead atoms. The van der Waals surface area contributed by atoms with Gasteiger partial charge in [-0.05, 0) is 12.8 Å². The first-order valence-corrected chi connectivity index (χ1v) is 8.44. The van der Waals surface area contributed by atoms with Crippen molar-refractivity contribution in [1.29, 1.82) is 0 Å². The van der Waals surface area contributed by atoms with Crippen molar-refractivity contribution in [2.24, 2.45) is 0 Å². The van der Waals surface area contributed by atoms with E-state index < -0.39 is 8.07 Å². The second-order valence-electron chi connectivity index (χ2n) is 4.41. The highest BCUT2D eigenvalue weighted by Gasteiger charge is 2.30. The molecule has 0 atom stereocenters. The number of hydrogen-bond donors (Lipinski definition) is 0. The maximum atomic E-state index is 2.59. The molecular weight excluding hydrogens is 160 g/mol. The van der Waals surface area contributed by atoms with Crippen LogP contribution in [0.5, 0.6) is 0 Å². The zero-order valence-corrected chi connectivity index (χ0v) is 9.60. The minimum atomic E-state index is -0.737. The SMILES string of the molecule is CCCCCC=C[Si]1(C)CCC1. The van der Waals surface area contributed by atoms with Gasteiger partial charge < -0.3 is 0 Å². The summed E-state index contributed by atoms with van der Waals surface area (Å²) in [6.45, 7) is 4.79. The Balaban J connectivity index is 2.05. The van der Waals surface area contributed by atoms with Crippen LogP contribution in [-0.4, -0.2) is 8.07 Å². The van der Waals surface area contributed by atoms with Gasteiger partial charge in [0.15, 0.2) is 0 Å². The van der Waals surface area contributed by atoms with Crippen molar-refractivity contribution in [3.63, 3.8) is 0 Å². The first-order valence-electron chi connectivity index (χ1n) is 5.44. The molecule has 0 unspecified atom stereocenters. The highest BCUT2D eigenvalue weighted by Crippen LogP contribution is 2.33. The lowest BCUT2D eigenvalue weighted by Gasteiger charge is -2.32. The van der Waals surface area contributed by atoms with E-state index in [0.29, 0.717) is 0 Å². The zero-order chi connectivity index (χ0) is 8.86. The van der Waals surface area contributed by atoms with Crippen LogP contribution in [0.4, 0.5) is 0 Å². The second kappa shape index (κ2) is 4.86. The van der Waals surface area contributed by atoms with E-state index in [0.717, 1.165) is 0 Å². The molecule has 1 aliphatic heterocycles. The Morgan fingerprint density at radius 3 is 2.50 bits per heavy atom. The molecule has 0 spiro atoms. The Morgan fingerprint density at radius 1 is 1.25 bits per heavy atom. The molecule has 1 rings (SSSR count). The topological polar surface area (TPSA) is 0 Å². The van der Waals surface area contributed by atoms with Crippen LogP contribution >= 0.6 is 0 Å². The first kappa shape index (κ1) is 10.0. The normalized spacial score (nSPS) is 21.2. The maximum Gasteiger partial charge on any atom is 0.0743 e. The highest BCUT2D eigenvalue weighted by molar-refractivity contribution is 6.85. The zero-order valence-electron chi connectivity index (χ0n) is 8.60. The van der Waals surface area contributed by atoms with Gasteiger partial charge in [-0.3, -0.25) is 0 Å². The van der Waals surface area contributed by atoms with Gasteiger partial charge in [0.05, 0.1) is 8.07 Å². The van der Waals surface area contributed by atoms with Crippen molar-refractivity contribution in [2.75, 3.05) is 0 Å². The van der Waals surface area contributed by atoms with Crippen molar-refractivity contribution >= 4 is 8.07 Å². The minimum Gasteiger partial charge on any atom is -0.0984 e. The monoisotopic (exact) mass is 182 g/mol. The van der Waals surface area contributed by atoms with Gasteiger partial charge in [0, 0.05) is 0 Å². The fourth-order valence-electron chi connectivity index (χ4n) is 1.78. The maximum absolute atomic E-state index is 2.59. The second-order valence-corrected chi connectivity index (χ2v) is 9.05. The van der Waals surface area contributed by atoms with Crippen molar-refractivity contribution in [3.8, 4) is 0 Å². The molecule has 1 heterocycles. The summed E-state index contributed by atoms with van der Waals surface area (Å²) in [5.74, 6) is 0. The lowest BCUT2D eigenvalue weighted by molar-refractivity contribution is 0.729. The summed E-state index contributed by atoms with van der Waals surface area (Å²) in [6, 6.07) is 3.11. The third-order valence-electron chi connectivity index (χ3n) is 2.99. The number of rotatable bonds is 5. The molecule has 1 fully saturated rings. The summed E-state index contributed by atoms with van der Waals surface area (Å²) in [5.41, 5.74) is 2.59. The molecule has 0 saturated carbocycles. The van der Waals surface area contributed by atoms with E-state index in [9.17, 15) is 0 Å². The third kappa shape index (κ3) is 3.14. The van der Waals surface area contributed by atoms with Crippen molar-refractivity contribution < 1.29 is 0 Å². The van der Waals surface area contributed by atoms with Crippen LogP contribution < -0.4 is 0 Å². The molecule has 0 aromatic carbocycles. The number of allylic oxidation sites excluding steroid dienone is 1. The fraction of sp³-hybridized carbons (Fsp3) is 0.818. The summed E-state index contributed by atoms with van der Waals surface area (Å²) < 4.78 is 0. The summed E-state index contributed by atoms with van der Waals surface area (Å²) >= 11 is 0. The molecule has 12 heavy (non-hydrogen) atoms. The average molecular weight is 182 g/mol. The molecule has 0 amide bonds. The van der Waals surface area contributed by atoms with Gasteiger partial charge in [-0.1, -0.05) is 56.6 Å². The van der Waals surface area contributed by atoms with Gasteiger partial charge in [0.25, 0.3) is 0 Å². The summed E-state index contributed by atoms with van der Waals surface area (Å²) in [7, 11) is -0.737. The molecule has 0 aromatic rings. The van der Waals surface area contributed by atoms with Gasteiger partial charge in [0.1, 0.15) is 0 Å². The smallest absolute Gasteiger partial charge is 0.0743 e. The largest absolute Gasteiger partial charge is 0.0984 e. The predicted molar refractivity (Wildman–Crippen MR) is 59.1 cm³/mol. The third-order valence-corrected chi connectivity index (χ3v) is 7.02. The Labute approximate surface area is 78.1 Å². The van der Waals surface area contributed by atoms with E-state index in [1.165, 1.54) is 32.1 Å². The number of unbranched alkanes of at least 4 members (excludes halogenated alkanes) is 3. The minimum absolute atomic E-state index is 0.737. The predicted octanol–water partition coefficient (Wildman–Crippen LogP) is 4.14. The van der Waals surface area contributed by atoms with E-state index in [2.05, 4.69) is 25.2 Å². The summed E-state index contributed by atoms with van der Waals surface area (Å²) in [5, 5.41) is 0. The van der Waals surface area contributed by atoms with E-state index in [4.69, 9.17) is 0 Å². The standard InChI is InChI=1S/C11H22Si/c1-3-4-5-6-7-9-12(2)10-8-11-12/h7,9H,3-6,8,10-11H2,1-2H3. The molecule has 0 aromatic heterocycles. The Hall–Kier alpha value is -0.0431. The lowest BCUT2D eigenvalue weighted by atomic mass is 10.2. The fourth-order valence-corrected chi connectivity index (χ4v) is 4.32.